The van der Waals surface area contributed by atoms with Crippen molar-refractivity contribution in [1.29, 1.82) is 0 Å². The lowest BCUT2D eigenvalue weighted by Crippen LogP contribution is -2.43. The highest BCUT2D eigenvalue weighted by atomic mass is 28.3. The highest BCUT2D eigenvalue weighted by molar-refractivity contribution is 6.76. The van der Waals surface area contributed by atoms with Crippen LogP contribution in [0.15, 0.2) is 42.7 Å². The number of carbonyl (C=O) groups is 1. The molecule has 1 aliphatic heterocycles. The summed E-state index contributed by atoms with van der Waals surface area (Å²) in [6.45, 7) is 18.9. The van der Waals surface area contributed by atoms with Gasteiger partial charge >= 0.3 is 6.09 Å². The van der Waals surface area contributed by atoms with Crippen molar-refractivity contribution in [3.05, 3.63) is 59.8 Å². The molecule has 42 heavy (non-hydrogen) atoms. The first-order chi connectivity index (χ1) is 19.7. The Balaban J connectivity index is 1.63. The third-order valence-electron chi connectivity index (χ3n) is 7.60. The lowest BCUT2D eigenvalue weighted by molar-refractivity contribution is 0.0121. The molecule has 0 radical (unpaired) electrons. The van der Waals surface area contributed by atoms with E-state index in [-0.39, 0.29) is 18.0 Å². The molecule has 0 aliphatic carbocycles. The molecule has 0 spiro atoms. The molecule has 4 aromatic rings. The molecule has 4 heterocycles. The summed E-state index contributed by atoms with van der Waals surface area (Å²) in [6.07, 6.45) is 3.54. The van der Waals surface area contributed by atoms with Gasteiger partial charge < -0.3 is 14.0 Å². The second-order valence-corrected chi connectivity index (χ2v) is 19.0. The molecule has 1 atom stereocenters. The zero-order chi connectivity index (χ0) is 30.4. The number of fused-ring (bicyclic) bond motifs is 2. The number of amides is 1. The second-order valence-electron chi connectivity index (χ2n) is 13.4. The Morgan fingerprint density at radius 2 is 1.83 bits per heavy atom. The fraction of sp³-hybridized carbons (Fsp3) is 0.469. The maximum Gasteiger partial charge on any atom is 0.410 e. The van der Waals surface area contributed by atoms with Crippen LogP contribution in [0.2, 0.25) is 25.7 Å². The largest absolute Gasteiger partial charge is 0.444 e. The van der Waals surface area contributed by atoms with Crippen LogP contribution in [0.25, 0.3) is 33.4 Å². The molecule has 1 amide bonds. The monoisotopic (exact) mass is 591 g/mol. The van der Waals surface area contributed by atoms with Crippen molar-refractivity contribution >= 4 is 25.2 Å². The van der Waals surface area contributed by atoms with Gasteiger partial charge in [0.1, 0.15) is 29.5 Å². The van der Waals surface area contributed by atoms with Crippen LogP contribution < -0.4 is 0 Å². The molecule has 224 valence electrons. The summed E-state index contributed by atoms with van der Waals surface area (Å²) in [5.41, 5.74) is 5.64. The lowest BCUT2D eigenvalue weighted by atomic mass is 9.93. The predicted molar refractivity (Wildman–Crippen MR) is 167 cm³/mol. The SMILES string of the molecule is Cc1cn(COCC[Si](C)(C)C)c2nccc(-c3c(-c4ccc(F)cc4)nn4c3[C@H](C)N(C(=O)OC(C)(C)C)CC4)c12. The van der Waals surface area contributed by atoms with Crippen LogP contribution in [0.5, 0.6) is 0 Å². The van der Waals surface area contributed by atoms with Crippen LogP contribution in [0.1, 0.15) is 45.0 Å². The molecule has 8 nitrogen and oxygen atoms in total. The molecule has 0 fully saturated rings. The number of pyridine rings is 1. The number of nitrogens with zero attached hydrogens (tertiary/aromatic N) is 5. The number of aryl methyl sites for hydroxylation is 1. The Morgan fingerprint density at radius 1 is 1.12 bits per heavy atom. The predicted octanol–water partition coefficient (Wildman–Crippen LogP) is 7.64. The van der Waals surface area contributed by atoms with Crippen molar-refractivity contribution in [2.45, 2.75) is 85.2 Å². The molecule has 10 heteroatoms. The fourth-order valence-electron chi connectivity index (χ4n) is 5.52. The first-order valence-electron chi connectivity index (χ1n) is 14.6. The van der Waals surface area contributed by atoms with E-state index < -0.39 is 13.7 Å². The molecule has 0 saturated carbocycles. The number of hydrogen-bond acceptors (Lipinski definition) is 5. The van der Waals surface area contributed by atoms with E-state index in [1.54, 1.807) is 17.0 Å². The first kappa shape index (κ1) is 30.0. The lowest BCUT2D eigenvalue weighted by Gasteiger charge is -2.35. The smallest absolute Gasteiger partial charge is 0.410 e. The number of aromatic nitrogens is 4. The molecule has 5 rings (SSSR count). The molecular weight excluding hydrogens is 549 g/mol. The van der Waals surface area contributed by atoms with Crippen LogP contribution >= 0.6 is 0 Å². The number of halogens is 1. The molecule has 0 saturated heterocycles. The minimum absolute atomic E-state index is 0.304. The molecule has 0 N–H and O–H groups in total. The number of hydrogen-bond donors (Lipinski definition) is 0. The zero-order valence-corrected chi connectivity index (χ0v) is 27.0. The van der Waals surface area contributed by atoms with Crippen LogP contribution in [0.4, 0.5) is 9.18 Å². The van der Waals surface area contributed by atoms with Gasteiger partial charge in [0.05, 0.1) is 18.3 Å². The van der Waals surface area contributed by atoms with Crippen molar-refractivity contribution < 1.29 is 18.7 Å². The van der Waals surface area contributed by atoms with Crippen LogP contribution in [-0.2, 0) is 22.7 Å². The van der Waals surface area contributed by atoms with E-state index >= 15 is 0 Å². The molecular formula is C32H42FN5O3Si. The molecule has 0 unspecified atom stereocenters. The summed E-state index contributed by atoms with van der Waals surface area (Å²) >= 11 is 0. The van der Waals surface area contributed by atoms with Gasteiger partial charge in [0.25, 0.3) is 0 Å². The number of ether oxygens (including phenoxy) is 2. The van der Waals surface area contributed by atoms with Gasteiger partial charge in [-0.1, -0.05) is 19.6 Å². The maximum atomic E-state index is 13.9. The van der Waals surface area contributed by atoms with Gasteiger partial charge in [-0.15, -0.1) is 0 Å². The number of carbonyl (C=O) groups excluding carboxylic acids is 1. The van der Waals surface area contributed by atoms with Gasteiger partial charge in [-0.2, -0.15) is 5.10 Å². The highest BCUT2D eigenvalue weighted by Gasteiger charge is 2.36. The van der Waals surface area contributed by atoms with E-state index in [1.807, 2.05) is 44.6 Å². The maximum absolute atomic E-state index is 13.9. The van der Waals surface area contributed by atoms with Crippen molar-refractivity contribution in [1.82, 2.24) is 24.2 Å². The quantitative estimate of drug-likeness (QED) is 0.163. The summed E-state index contributed by atoms with van der Waals surface area (Å²) < 4.78 is 29.8. The summed E-state index contributed by atoms with van der Waals surface area (Å²) in [4.78, 5) is 19.8. The van der Waals surface area contributed by atoms with Gasteiger partial charge in [-0.05, 0) is 82.1 Å². The Labute approximate surface area is 248 Å². The van der Waals surface area contributed by atoms with Crippen molar-refractivity contribution in [3.63, 3.8) is 0 Å². The minimum Gasteiger partial charge on any atom is -0.444 e. The highest BCUT2D eigenvalue weighted by Crippen LogP contribution is 2.44. The summed E-state index contributed by atoms with van der Waals surface area (Å²) in [7, 11) is -1.20. The van der Waals surface area contributed by atoms with E-state index in [9.17, 15) is 9.18 Å². The number of rotatable bonds is 7. The van der Waals surface area contributed by atoms with E-state index in [0.717, 1.165) is 57.3 Å². The van der Waals surface area contributed by atoms with E-state index in [4.69, 9.17) is 19.6 Å². The average molecular weight is 592 g/mol. The van der Waals surface area contributed by atoms with E-state index in [0.29, 0.717) is 19.8 Å². The Bertz CT molecular complexity index is 1600. The minimum atomic E-state index is -1.20. The third-order valence-corrected chi connectivity index (χ3v) is 9.30. The van der Waals surface area contributed by atoms with Crippen LogP contribution in [0.3, 0.4) is 0 Å². The van der Waals surface area contributed by atoms with Crippen molar-refractivity contribution in [2.24, 2.45) is 0 Å². The Morgan fingerprint density at radius 3 is 2.50 bits per heavy atom. The van der Waals surface area contributed by atoms with E-state index in [1.165, 1.54) is 12.1 Å². The van der Waals surface area contributed by atoms with Gasteiger partial charge in [-0.25, -0.2) is 14.2 Å². The van der Waals surface area contributed by atoms with Gasteiger partial charge in [0.15, 0.2) is 0 Å². The Hall–Kier alpha value is -3.50. The first-order valence-corrected chi connectivity index (χ1v) is 18.3. The number of benzene rings is 1. The normalized spacial score (nSPS) is 15.7. The van der Waals surface area contributed by atoms with Gasteiger partial charge in [0, 0.05) is 50.1 Å². The molecule has 1 aliphatic rings. The van der Waals surface area contributed by atoms with E-state index in [2.05, 4.69) is 37.3 Å². The topological polar surface area (TPSA) is 74.4 Å². The standard InChI is InChI=1S/C32H42FN5O3Si/c1-21-19-36(20-40-17-18-42(6,7)8)30-26(21)25(13-14-34-30)27-28(23-9-11-24(33)12-10-23)35-38-16-15-37(22(2)29(27)38)31(39)41-32(3,4)5/h9-14,19,22H,15-18,20H2,1-8H3/t22-/m0/s1. The molecule has 3 aromatic heterocycles. The summed E-state index contributed by atoms with van der Waals surface area (Å²) in [5.74, 6) is -0.304. The second kappa shape index (κ2) is 11.3. The van der Waals surface area contributed by atoms with Crippen molar-refractivity contribution in [3.8, 4) is 22.4 Å². The van der Waals surface area contributed by atoms with Crippen LogP contribution in [-0.4, -0.2) is 57.2 Å². The average Bonchev–Trinajstić information content (AvgIpc) is 3.44. The summed E-state index contributed by atoms with van der Waals surface area (Å²) in [6, 6.07) is 9.22. The summed E-state index contributed by atoms with van der Waals surface area (Å²) in [5, 5.41) is 6.05. The van der Waals surface area contributed by atoms with Crippen LogP contribution in [0, 0.1) is 12.7 Å². The molecule has 1 aromatic carbocycles. The van der Waals surface area contributed by atoms with Crippen molar-refractivity contribution in [2.75, 3.05) is 13.2 Å². The third kappa shape index (κ3) is 6.15. The Kier molecular flexibility index (Phi) is 8.06. The van der Waals surface area contributed by atoms with Gasteiger partial charge in [-0.3, -0.25) is 9.58 Å². The zero-order valence-electron chi connectivity index (χ0n) is 26.0. The molecule has 0 bridgehead atoms. The fourth-order valence-corrected chi connectivity index (χ4v) is 6.28. The van der Waals surface area contributed by atoms with Gasteiger partial charge in [0.2, 0.25) is 0 Å².